The molecule has 0 saturated heterocycles. The Morgan fingerprint density at radius 3 is 0.625 bits per heavy atom. The van der Waals surface area contributed by atoms with Crippen LogP contribution >= 0.6 is 0 Å². The van der Waals surface area contributed by atoms with Crippen molar-refractivity contribution in [3.63, 3.8) is 0 Å². The molecule has 0 aromatic heterocycles. The number of hydrogen-bond acceptors (Lipinski definition) is 29. The fraction of sp³-hybridized carbons (Fsp3) is 0.913. The van der Waals surface area contributed by atoms with Crippen molar-refractivity contribution in [2.24, 2.45) is 20.5 Å². The second-order valence-corrected chi connectivity index (χ2v) is 25.4. The molecule has 0 fully saturated rings. The van der Waals surface area contributed by atoms with E-state index in [2.05, 4.69) is 72.0 Å². The molecular weight excluding hydrogens is 1470 g/mol. The fourth-order valence-corrected chi connectivity index (χ4v) is 9.09. The molecule has 646 valence electrons. The number of carbonyl (C=O) groups excluding carboxylic acids is 6. The lowest BCUT2D eigenvalue weighted by molar-refractivity contribution is -0.126. The van der Waals surface area contributed by atoms with Crippen molar-refractivity contribution >= 4 is 35.6 Å². The van der Waals surface area contributed by atoms with Crippen LogP contribution in [0, 0.1) is 0 Å². The minimum atomic E-state index is -0.578. The fourth-order valence-electron chi connectivity index (χ4n) is 9.09. The molecule has 0 spiro atoms. The van der Waals surface area contributed by atoms with Crippen molar-refractivity contribution in [1.82, 2.24) is 46.6 Å². The average molecular weight is 1610 g/mol. The highest BCUT2D eigenvalue weighted by Crippen LogP contribution is 2.07. The van der Waals surface area contributed by atoms with Gasteiger partial charge in [-0.1, -0.05) is 20.5 Å². The quantitative estimate of drug-likeness (QED) is 0.0220. The maximum Gasteiger partial charge on any atom is 0.407 e. The highest BCUT2D eigenvalue weighted by molar-refractivity contribution is 5.82. The Balaban J connectivity index is 6.18. The van der Waals surface area contributed by atoms with Crippen LogP contribution in [0.3, 0.4) is 0 Å². The normalized spacial score (nSPS) is 11.2. The number of alkyl carbamates (subject to hydrolysis) is 1. The van der Waals surface area contributed by atoms with E-state index < -0.39 is 11.7 Å². The number of ether oxygens (including phenoxy) is 16. The summed E-state index contributed by atoms with van der Waals surface area (Å²) in [4.78, 5) is 96.4. The molecule has 112 heavy (non-hydrogen) atoms. The van der Waals surface area contributed by atoms with Gasteiger partial charge >= 0.3 is 6.09 Å². The van der Waals surface area contributed by atoms with Crippen molar-refractivity contribution in [2.75, 3.05) is 323 Å². The molecule has 6 amide bonds. The largest absolute Gasteiger partial charge is 0.444 e. The predicted molar refractivity (Wildman–Crippen MR) is 413 cm³/mol. The first-order chi connectivity index (χ1) is 54.7. The minimum Gasteiger partial charge on any atom is -0.444 e. The van der Waals surface area contributed by atoms with E-state index in [1.807, 2.05) is 4.90 Å². The molecule has 0 aromatic rings. The summed E-state index contributed by atoms with van der Waals surface area (Å²) in [6.45, 7) is 19.7. The van der Waals surface area contributed by atoms with Crippen molar-refractivity contribution < 1.29 is 105 Å². The van der Waals surface area contributed by atoms with Crippen LogP contribution < -0.4 is 31.9 Å². The SMILES string of the molecule is CC(C)(C)OC(=O)NCCCOCCOCCOCCCNC(=O)CN(CCN(CC(=O)NCCCOCCOCCOCCCN=[N+]=[N-])CC(=O)NCCCOCCOCCOCCCN=[N+]=[N-])CCN(CC(=O)NCCCOCCOCCOCCCN=[N+]=[N-])CC(=O)NCCCOCCOCCOCCCN=[N+]=[N-]. The summed E-state index contributed by atoms with van der Waals surface area (Å²) < 4.78 is 89.0. The van der Waals surface area contributed by atoms with Gasteiger partial charge in [-0.3, -0.25) is 38.7 Å². The Morgan fingerprint density at radius 2 is 0.429 bits per heavy atom. The molecule has 0 aliphatic rings. The summed E-state index contributed by atoms with van der Waals surface area (Å²) in [5.74, 6) is -1.70. The number of rotatable bonds is 86. The molecule has 0 heterocycles. The molecule has 0 saturated carbocycles. The lowest BCUT2D eigenvalue weighted by Gasteiger charge is -2.29. The Hall–Kier alpha value is -6.86. The molecule has 43 heteroatoms. The van der Waals surface area contributed by atoms with Crippen molar-refractivity contribution in [1.29, 1.82) is 0 Å². The van der Waals surface area contributed by atoms with E-state index in [-0.39, 0.29) is 121 Å². The van der Waals surface area contributed by atoms with Gasteiger partial charge in [0.1, 0.15) is 5.60 Å². The molecule has 0 aliphatic carbocycles. The second-order valence-electron chi connectivity index (χ2n) is 25.4. The maximum absolute atomic E-state index is 13.9. The van der Waals surface area contributed by atoms with E-state index in [9.17, 15) is 28.8 Å². The predicted octanol–water partition coefficient (Wildman–Crippen LogP) is 3.39. The van der Waals surface area contributed by atoms with Crippen LogP contribution in [0.1, 0.15) is 85.0 Å². The first kappa shape index (κ1) is 105. The minimum absolute atomic E-state index is 0.120. The zero-order chi connectivity index (χ0) is 81.6. The van der Waals surface area contributed by atoms with Gasteiger partial charge in [0.25, 0.3) is 0 Å². The zero-order valence-corrected chi connectivity index (χ0v) is 66.9. The van der Waals surface area contributed by atoms with Crippen LogP contribution in [0.25, 0.3) is 41.8 Å². The van der Waals surface area contributed by atoms with E-state index >= 15 is 0 Å². The lowest BCUT2D eigenvalue weighted by Crippen LogP contribution is -2.50. The average Bonchev–Trinajstić information content (AvgIpc) is 0.909. The number of carbonyl (C=O) groups is 6. The van der Waals surface area contributed by atoms with Gasteiger partial charge in [-0.05, 0) is 107 Å². The first-order valence-corrected chi connectivity index (χ1v) is 38.9. The summed E-state index contributed by atoms with van der Waals surface area (Å²) >= 11 is 0. The second kappa shape index (κ2) is 83.6. The van der Waals surface area contributed by atoms with Crippen LogP contribution in [-0.4, -0.2) is 378 Å². The van der Waals surface area contributed by atoms with E-state index in [0.717, 1.165) is 0 Å². The third kappa shape index (κ3) is 82.6. The van der Waals surface area contributed by atoms with Crippen LogP contribution in [0.5, 0.6) is 0 Å². The molecule has 0 aliphatic heterocycles. The van der Waals surface area contributed by atoms with Crippen molar-refractivity contribution in [3.05, 3.63) is 41.8 Å². The highest BCUT2D eigenvalue weighted by Gasteiger charge is 2.22. The van der Waals surface area contributed by atoms with Gasteiger partial charge in [-0.25, -0.2) is 4.79 Å². The summed E-state index contributed by atoms with van der Waals surface area (Å²) in [7, 11) is 0. The van der Waals surface area contributed by atoms with Gasteiger partial charge in [-0.15, -0.1) is 0 Å². The topological polar surface area (TPSA) is 527 Å². The smallest absolute Gasteiger partial charge is 0.407 e. The maximum atomic E-state index is 13.9. The van der Waals surface area contributed by atoms with E-state index in [1.165, 1.54) is 0 Å². The molecule has 0 radical (unpaired) electrons. The molecule has 0 atom stereocenters. The number of hydrogen-bond donors (Lipinski definition) is 6. The van der Waals surface area contributed by atoms with Gasteiger partial charge in [0.2, 0.25) is 29.5 Å². The van der Waals surface area contributed by atoms with Crippen LogP contribution in [0.4, 0.5) is 4.79 Å². The summed E-state index contributed by atoms with van der Waals surface area (Å²) in [6, 6.07) is 0. The summed E-state index contributed by atoms with van der Waals surface area (Å²) in [5, 5.41) is 31.2. The number of azide groups is 4. The van der Waals surface area contributed by atoms with E-state index in [1.54, 1.807) is 30.6 Å². The van der Waals surface area contributed by atoms with Crippen LogP contribution in [0.2, 0.25) is 0 Å². The molecule has 6 N–H and O–H groups in total. The number of nitrogens with one attached hydrogen (secondary N) is 6. The van der Waals surface area contributed by atoms with Crippen LogP contribution in [-0.2, 0) is 99.8 Å². The first-order valence-electron chi connectivity index (χ1n) is 38.9. The van der Waals surface area contributed by atoms with Gasteiger partial charge in [0.05, 0.1) is 165 Å². The van der Waals surface area contributed by atoms with Gasteiger partial charge in [-0.2, -0.15) is 0 Å². The van der Waals surface area contributed by atoms with E-state index in [4.69, 9.17) is 97.9 Å². The monoisotopic (exact) mass is 1610 g/mol. The lowest BCUT2D eigenvalue weighted by atomic mass is 10.2. The van der Waals surface area contributed by atoms with Gasteiger partial charge in [0.15, 0.2) is 0 Å². The Labute approximate surface area is 659 Å². The standard InChI is InChI=1S/C69H133N21O22/c1-69(2,3)112-68(96)79-19-9-33-102-43-53-107-48-38-97-28-4-14-74-63(91)58-88(24-26-89(59-64(92)75-15-5-29-98-39-49-108-54-44-103-34-10-20-80-84-70)60-65(93)76-16-6-30-99-40-50-109-55-45-104-35-11-21-81-85-71)25-27-90(61-66(94)77-17-7-31-100-41-51-110-56-46-105-36-12-22-82-86-72)62-67(95)78-18-8-32-101-42-52-111-57-47-106-37-13-23-83-87-73/h4-62H2,1-3H3,(H,74,91)(H,75,92)(H,76,93)(H,77,94)(H,78,95)(H,79,96). The third-order valence-electron chi connectivity index (χ3n) is 14.5. The third-order valence-corrected chi connectivity index (χ3v) is 14.5. The molecular formula is C69H133N21O22. The Morgan fingerprint density at radius 1 is 0.259 bits per heavy atom. The molecule has 0 unspecified atom stereocenters. The highest BCUT2D eigenvalue weighted by atomic mass is 16.6. The Kier molecular flexibility index (Phi) is 78.4. The Bertz CT molecular complexity index is 2240. The molecule has 0 bridgehead atoms. The van der Waals surface area contributed by atoms with Gasteiger partial charge < -0.3 is 108 Å². The molecule has 43 nitrogen and oxygen atoms in total. The molecule has 0 aromatic carbocycles. The summed E-state index contributed by atoms with van der Waals surface area (Å²) in [5.41, 5.74) is 33.0. The van der Waals surface area contributed by atoms with Crippen LogP contribution in [0.15, 0.2) is 20.5 Å². The number of nitrogens with zero attached hydrogens (tertiary/aromatic N) is 15. The zero-order valence-electron chi connectivity index (χ0n) is 66.9. The van der Waals surface area contributed by atoms with Crippen molar-refractivity contribution in [3.8, 4) is 0 Å². The number of amides is 6. The van der Waals surface area contributed by atoms with Gasteiger partial charge in [0, 0.05) is 177 Å². The van der Waals surface area contributed by atoms with Crippen molar-refractivity contribution in [2.45, 2.75) is 90.6 Å². The summed E-state index contributed by atoms with van der Waals surface area (Å²) in [6.07, 6.45) is 5.08. The van der Waals surface area contributed by atoms with E-state index in [0.29, 0.717) is 295 Å². The molecule has 0 rings (SSSR count).